The first-order chi connectivity index (χ1) is 7.39. The molecule has 16 heavy (non-hydrogen) atoms. The van der Waals surface area contributed by atoms with Crippen molar-refractivity contribution in [3.05, 3.63) is 12.2 Å². The van der Waals surface area contributed by atoms with Gasteiger partial charge in [0, 0.05) is 12.2 Å². The van der Waals surface area contributed by atoms with E-state index >= 15 is 0 Å². The Morgan fingerprint density at radius 2 is 1.81 bits per heavy atom. The molecule has 1 rings (SSSR count). The molecule has 1 aliphatic rings. The highest BCUT2D eigenvalue weighted by molar-refractivity contribution is 6.39. The van der Waals surface area contributed by atoms with Gasteiger partial charge in [0.15, 0.2) is 0 Å². The molecule has 6 heteroatoms. The van der Waals surface area contributed by atoms with Crippen LogP contribution in [-0.2, 0) is 14.3 Å². The van der Waals surface area contributed by atoms with E-state index in [9.17, 15) is 9.59 Å². The summed E-state index contributed by atoms with van der Waals surface area (Å²) in [5, 5.41) is 8.68. The van der Waals surface area contributed by atoms with Crippen LogP contribution < -0.4 is 0 Å². The van der Waals surface area contributed by atoms with Crippen molar-refractivity contribution in [1.29, 1.82) is 0 Å². The number of carbonyl (C=O) groups is 2. The lowest BCUT2D eigenvalue weighted by Crippen LogP contribution is -2.28. The number of carboxylic acids is 1. The summed E-state index contributed by atoms with van der Waals surface area (Å²) in [6.45, 7) is 0. The molecule has 0 amide bonds. The summed E-state index contributed by atoms with van der Waals surface area (Å²) in [5.41, 5.74) is 0. The molecule has 4 nitrogen and oxygen atoms in total. The van der Waals surface area contributed by atoms with E-state index < -0.39 is 11.9 Å². The molecule has 1 saturated carbocycles. The first-order valence-electron chi connectivity index (χ1n) is 5.51. The van der Waals surface area contributed by atoms with Crippen LogP contribution in [0.25, 0.3) is 0 Å². The average molecular weight is 222 g/mol. The first kappa shape index (κ1) is 12.9. The van der Waals surface area contributed by atoms with Crippen LogP contribution in [0.2, 0.25) is 5.21 Å². The van der Waals surface area contributed by atoms with Crippen LogP contribution in [0.5, 0.6) is 0 Å². The molecule has 1 N–H and O–H groups in total. The summed E-state index contributed by atoms with van der Waals surface area (Å²) in [6.07, 6.45) is 5.50. The maximum absolute atomic E-state index is 11.2. The number of rotatable bonds is 3. The summed E-state index contributed by atoms with van der Waals surface area (Å²) in [7, 11) is 4.41. The minimum atomic E-state index is -1.14. The molecule has 0 saturated heterocycles. The number of aliphatic carboxylic acids is 1. The van der Waals surface area contributed by atoms with Gasteiger partial charge >= 0.3 is 11.9 Å². The second-order valence-electron chi connectivity index (χ2n) is 4.97. The van der Waals surface area contributed by atoms with Crippen LogP contribution in [-0.4, -0.2) is 38.8 Å². The smallest absolute Gasteiger partial charge is 0.331 e. The van der Waals surface area contributed by atoms with E-state index in [-0.39, 0.29) is 6.10 Å². The Hall–Kier alpha value is -1.19. The van der Waals surface area contributed by atoms with Crippen molar-refractivity contribution in [2.45, 2.75) is 37.0 Å². The number of ether oxygens (including phenoxy) is 1. The van der Waals surface area contributed by atoms with Gasteiger partial charge in [0.25, 0.3) is 0 Å². The maximum Gasteiger partial charge on any atom is 0.331 e. The molecule has 0 atom stereocenters. The van der Waals surface area contributed by atoms with Gasteiger partial charge in [-0.3, -0.25) is 0 Å². The Kier molecular flexibility index (Phi) is 4.21. The Labute approximate surface area is 96.9 Å². The number of esters is 1. The largest absolute Gasteiger partial charge is 0.478 e. The summed E-state index contributed by atoms with van der Waals surface area (Å²) in [4.78, 5) is 21.4. The quantitative estimate of drug-likeness (QED) is 0.397. The SMILES string of the molecule is BC1(B)CCC(OC(=O)/C=C/C(=O)O)CC1. The van der Waals surface area contributed by atoms with Gasteiger partial charge in [0.2, 0.25) is 0 Å². The number of carboxylic acid groups (broad SMARTS) is 1. The number of carbonyl (C=O) groups excluding carboxylic acids is 1. The molecule has 0 radical (unpaired) electrons. The van der Waals surface area contributed by atoms with Crippen molar-refractivity contribution in [3.8, 4) is 0 Å². The Balaban J connectivity index is 2.34. The van der Waals surface area contributed by atoms with E-state index in [1.165, 1.54) is 0 Å². The van der Waals surface area contributed by atoms with Crippen molar-refractivity contribution < 1.29 is 19.4 Å². The molecule has 0 heterocycles. The minimum Gasteiger partial charge on any atom is -0.478 e. The van der Waals surface area contributed by atoms with E-state index in [0.717, 1.165) is 37.8 Å². The molecule has 0 aromatic rings. The predicted molar refractivity (Wildman–Crippen MR) is 64.9 cm³/mol. The van der Waals surface area contributed by atoms with Gasteiger partial charge in [-0.25, -0.2) is 9.59 Å². The van der Waals surface area contributed by atoms with E-state index in [4.69, 9.17) is 9.84 Å². The zero-order chi connectivity index (χ0) is 12.2. The third kappa shape index (κ3) is 4.55. The molecule has 86 valence electrons. The third-order valence-electron chi connectivity index (χ3n) is 2.93. The van der Waals surface area contributed by atoms with Gasteiger partial charge < -0.3 is 9.84 Å². The molecule has 0 unspecified atom stereocenters. The summed E-state index contributed by atoms with van der Waals surface area (Å²) in [5.74, 6) is -1.70. The fourth-order valence-electron chi connectivity index (χ4n) is 1.83. The fraction of sp³-hybridized carbons (Fsp3) is 0.600. The molecule has 1 fully saturated rings. The monoisotopic (exact) mass is 222 g/mol. The van der Waals surface area contributed by atoms with Crippen LogP contribution in [0.1, 0.15) is 25.7 Å². The van der Waals surface area contributed by atoms with E-state index in [0.29, 0.717) is 5.21 Å². The highest BCUT2D eigenvalue weighted by atomic mass is 16.5. The summed E-state index contributed by atoms with van der Waals surface area (Å²) >= 11 is 0. The second kappa shape index (κ2) is 5.23. The normalized spacial score (nSPS) is 20.8. The number of hydrogen-bond acceptors (Lipinski definition) is 3. The molecule has 1 aliphatic carbocycles. The van der Waals surface area contributed by atoms with Crippen LogP contribution in [0.4, 0.5) is 0 Å². The summed E-state index contributed by atoms with van der Waals surface area (Å²) in [6, 6.07) is 0. The van der Waals surface area contributed by atoms with Crippen molar-refractivity contribution >= 4 is 27.6 Å². The molecule has 0 spiro atoms. The number of hydrogen-bond donors (Lipinski definition) is 1. The van der Waals surface area contributed by atoms with Crippen LogP contribution in [0, 0.1) is 0 Å². The maximum atomic E-state index is 11.2. The highest BCUT2D eigenvalue weighted by Gasteiger charge is 2.28. The van der Waals surface area contributed by atoms with Crippen molar-refractivity contribution in [3.63, 3.8) is 0 Å². The molecular weight excluding hydrogens is 206 g/mol. The predicted octanol–water partition coefficient (Wildman–Crippen LogP) is -0.505. The fourth-order valence-corrected chi connectivity index (χ4v) is 1.83. The first-order valence-corrected chi connectivity index (χ1v) is 5.51. The molecule has 0 aromatic carbocycles. The Morgan fingerprint density at radius 1 is 1.25 bits per heavy atom. The van der Waals surface area contributed by atoms with E-state index in [1.807, 2.05) is 0 Å². The Morgan fingerprint density at radius 3 is 2.31 bits per heavy atom. The van der Waals surface area contributed by atoms with Crippen LogP contribution in [0.15, 0.2) is 12.2 Å². The van der Waals surface area contributed by atoms with Crippen LogP contribution in [0.3, 0.4) is 0 Å². The topological polar surface area (TPSA) is 63.6 Å². The minimum absolute atomic E-state index is 0.0565. The summed E-state index contributed by atoms with van der Waals surface area (Å²) < 4.78 is 5.15. The van der Waals surface area contributed by atoms with Gasteiger partial charge in [-0.05, 0) is 12.8 Å². The third-order valence-corrected chi connectivity index (χ3v) is 2.93. The second-order valence-corrected chi connectivity index (χ2v) is 4.97. The van der Waals surface area contributed by atoms with Gasteiger partial charge in [-0.15, -0.1) is 0 Å². The lowest BCUT2D eigenvalue weighted by molar-refractivity contribution is -0.145. The lowest BCUT2D eigenvalue weighted by atomic mass is 9.48. The van der Waals surface area contributed by atoms with E-state index in [1.54, 1.807) is 0 Å². The van der Waals surface area contributed by atoms with Crippen molar-refractivity contribution in [2.24, 2.45) is 0 Å². The molecule has 0 aliphatic heterocycles. The van der Waals surface area contributed by atoms with Crippen LogP contribution >= 0.6 is 0 Å². The van der Waals surface area contributed by atoms with E-state index in [2.05, 4.69) is 15.7 Å². The molecule has 0 aromatic heterocycles. The highest BCUT2D eigenvalue weighted by Crippen LogP contribution is 2.37. The molecular formula is C10H16B2O4. The van der Waals surface area contributed by atoms with Gasteiger partial charge in [0.1, 0.15) is 6.10 Å². The standard InChI is InChI=1S/C10H16B2O4/c11-10(12)5-3-7(4-6-10)16-9(15)2-1-8(13)14/h1-2,7H,3-6,11-12H2,(H,13,14)/b2-1+. The zero-order valence-electron chi connectivity index (χ0n) is 9.73. The van der Waals surface area contributed by atoms with Gasteiger partial charge in [-0.2, -0.15) is 0 Å². The lowest BCUT2D eigenvalue weighted by Gasteiger charge is -2.33. The van der Waals surface area contributed by atoms with Gasteiger partial charge in [-0.1, -0.05) is 18.1 Å². The van der Waals surface area contributed by atoms with Crippen molar-refractivity contribution in [2.75, 3.05) is 0 Å². The van der Waals surface area contributed by atoms with Gasteiger partial charge in [0.05, 0.1) is 15.7 Å². The van der Waals surface area contributed by atoms with Crippen molar-refractivity contribution in [1.82, 2.24) is 0 Å². The average Bonchev–Trinajstić information content (AvgIpc) is 2.18. The molecule has 0 bridgehead atoms. The Bertz CT molecular complexity index is 302. The zero-order valence-corrected chi connectivity index (χ0v) is 9.73.